The second-order valence-corrected chi connectivity index (χ2v) is 9.30. The van der Waals surface area contributed by atoms with Crippen molar-refractivity contribution in [1.82, 2.24) is 10.2 Å². The van der Waals surface area contributed by atoms with Crippen molar-refractivity contribution >= 4 is 35.0 Å². The quantitative estimate of drug-likeness (QED) is 0.549. The van der Waals surface area contributed by atoms with E-state index in [4.69, 9.17) is 27.9 Å². The molecule has 2 aromatic rings. The van der Waals surface area contributed by atoms with Crippen molar-refractivity contribution in [3.05, 3.63) is 63.1 Å². The van der Waals surface area contributed by atoms with Gasteiger partial charge in [-0.15, -0.1) is 0 Å². The minimum absolute atomic E-state index is 0.165. The lowest BCUT2D eigenvalue weighted by molar-refractivity contribution is -0.142. The summed E-state index contributed by atoms with van der Waals surface area (Å²) in [5, 5.41) is 4.05. The summed E-state index contributed by atoms with van der Waals surface area (Å²) in [6, 6.07) is 10.3. The predicted molar refractivity (Wildman–Crippen MR) is 128 cm³/mol. The van der Waals surface area contributed by atoms with Gasteiger partial charge in [-0.3, -0.25) is 9.59 Å². The van der Waals surface area contributed by atoms with Gasteiger partial charge in [-0.2, -0.15) is 0 Å². The molecule has 1 N–H and O–H groups in total. The van der Waals surface area contributed by atoms with Crippen molar-refractivity contribution in [1.29, 1.82) is 0 Å². The molecule has 0 radical (unpaired) electrons. The molecule has 1 fully saturated rings. The van der Waals surface area contributed by atoms with Crippen molar-refractivity contribution in [2.75, 3.05) is 6.61 Å². The Morgan fingerprint density at radius 2 is 1.81 bits per heavy atom. The molecular formula is C25H30Cl2N2O3. The van der Waals surface area contributed by atoms with Crippen LogP contribution in [0.2, 0.25) is 10.0 Å². The van der Waals surface area contributed by atoms with E-state index in [2.05, 4.69) is 5.32 Å². The summed E-state index contributed by atoms with van der Waals surface area (Å²) in [6.07, 6.45) is 4.19. The van der Waals surface area contributed by atoms with Crippen LogP contribution in [0.15, 0.2) is 36.4 Å². The molecule has 0 heterocycles. The number of carbonyl (C=O) groups excluding carboxylic acids is 2. The molecule has 1 saturated carbocycles. The standard InChI is InChI=1S/C25H30Cl2N2O3/c1-16-8-11-22(12-17(16)2)32-15-24(30)29(14-19-9-10-20(26)13-23(19)27)18(3)25(31)28-21-6-4-5-7-21/h8-13,18,21H,4-7,14-15H2,1-3H3,(H,28,31)/t18-/m1/s1. The number of rotatable bonds is 8. The highest BCUT2D eigenvalue weighted by atomic mass is 35.5. The lowest BCUT2D eigenvalue weighted by Crippen LogP contribution is -2.50. The van der Waals surface area contributed by atoms with Crippen LogP contribution in [0, 0.1) is 13.8 Å². The maximum absolute atomic E-state index is 13.2. The highest BCUT2D eigenvalue weighted by Crippen LogP contribution is 2.24. The minimum atomic E-state index is -0.668. The second-order valence-electron chi connectivity index (χ2n) is 8.46. The summed E-state index contributed by atoms with van der Waals surface area (Å²) in [5.41, 5.74) is 2.96. The van der Waals surface area contributed by atoms with Crippen molar-refractivity contribution < 1.29 is 14.3 Å². The molecule has 0 saturated heterocycles. The van der Waals surface area contributed by atoms with Crippen molar-refractivity contribution in [2.24, 2.45) is 0 Å². The van der Waals surface area contributed by atoms with Crippen LogP contribution in [-0.2, 0) is 16.1 Å². The van der Waals surface area contributed by atoms with Gasteiger partial charge in [0.25, 0.3) is 5.91 Å². The van der Waals surface area contributed by atoms with Gasteiger partial charge in [0, 0.05) is 22.6 Å². The Labute approximate surface area is 200 Å². The van der Waals surface area contributed by atoms with E-state index in [1.807, 2.05) is 32.0 Å². The molecule has 2 amide bonds. The lowest BCUT2D eigenvalue weighted by Gasteiger charge is -2.30. The Kier molecular flexibility index (Phi) is 8.44. The van der Waals surface area contributed by atoms with Gasteiger partial charge in [0.2, 0.25) is 5.91 Å². The van der Waals surface area contributed by atoms with Gasteiger partial charge in [-0.25, -0.2) is 0 Å². The summed E-state index contributed by atoms with van der Waals surface area (Å²) in [5.74, 6) is 0.166. The normalized spacial score (nSPS) is 14.8. The number of hydrogen-bond donors (Lipinski definition) is 1. The van der Waals surface area contributed by atoms with Crippen LogP contribution >= 0.6 is 23.2 Å². The van der Waals surface area contributed by atoms with Crippen molar-refractivity contribution in [3.63, 3.8) is 0 Å². The van der Waals surface area contributed by atoms with Crippen LogP contribution in [0.3, 0.4) is 0 Å². The topological polar surface area (TPSA) is 58.6 Å². The second kappa shape index (κ2) is 11.1. The van der Waals surface area contributed by atoms with Crippen LogP contribution in [0.25, 0.3) is 0 Å². The maximum atomic E-state index is 13.2. The van der Waals surface area contributed by atoms with Crippen molar-refractivity contribution in [2.45, 2.75) is 65.1 Å². The highest BCUT2D eigenvalue weighted by molar-refractivity contribution is 6.35. The average Bonchev–Trinajstić information content (AvgIpc) is 3.26. The third-order valence-corrected chi connectivity index (χ3v) is 6.65. The summed E-state index contributed by atoms with van der Waals surface area (Å²) in [6.45, 7) is 5.77. The minimum Gasteiger partial charge on any atom is -0.484 e. The Bertz CT molecular complexity index is 974. The number of hydrogen-bond acceptors (Lipinski definition) is 3. The molecule has 0 aliphatic heterocycles. The third kappa shape index (κ3) is 6.39. The molecule has 7 heteroatoms. The monoisotopic (exact) mass is 476 g/mol. The molecule has 1 aliphatic carbocycles. The van der Waals surface area contributed by atoms with E-state index >= 15 is 0 Å². The van der Waals surface area contributed by atoms with Gasteiger partial charge in [-0.05, 0) is 74.6 Å². The van der Waals surface area contributed by atoms with Crippen molar-refractivity contribution in [3.8, 4) is 5.75 Å². The van der Waals surface area contributed by atoms with Gasteiger partial charge in [0.15, 0.2) is 6.61 Å². The number of halogens is 2. The van der Waals surface area contributed by atoms with Gasteiger partial charge in [0.1, 0.15) is 11.8 Å². The first-order chi connectivity index (χ1) is 15.2. The van der Waals surface area contributed by atoms with Crippen LogP contribution in [0.4, 0.5) is 0 Å². The molecule has 0 aromatic heterocycles. The molecule has 5 nitrogen and oxygen atoms in total. The fraction of sp³-hybridized carbons (Fsp3) is 0.440. The number of nitrogens with zero attached hydrogens (tertiary/aromatic N) is 1. The van der Waals surface area contributed by atoms with E-state index in [9.17, 15) is 9.59 Å². The Hall–Kier alpha value is -2.24. The molecule has 0 bridgehead atoms. The fourth-order valence-electron chi connectivity index (χ4n) is 3.84. The Morgan fingerprint density at radius 1 is 1.09 bits per heavy atom. The number of nitrogens with one attached hydrogen (secondary N) is 1. The molecular weight excluding hydrogens is 447 g/mol. The summed E-state index contributed by atoms with van der Waals surface area (Å²) in [7, 11) is 0. The molecule has 0 unspecified atom stereocenters. The SMILES string of the molecule is Cc1ccc(OCC(=O)N(Cc2ccc(Cl)cc2Cl)[C@H](C)C(=O)NC2CCCC2)cc1C. The summed E-state index contributed by atoms with van der Waals surface area (Å²) in [4.78, 5) is 27.6. The van der Waals surface area contributed by atoms with Crippen LogP contribution in [0.5, 0.6) is 5.75 Å². The average molecular weight is 477 g/mol. The van der Waals surface area contributed by atoms with E-state index in [0.29, 0.717) is 15.8 Å². The van der Waals surface area contributed by atoms with E-state index in [-0.39, 0.29) is 31.0 Å². The van der Waals surface area contributed by atoms with Crippen LogP contribution < -0.4 is 10.1 Å². The zero-order valence-electron chi connectivity index (χ0n) is 18.8. The first-order valence-electron chi connectivity index (χ1n) is 11.0. The van der Waals surface area contributed by atoms with E-state index in [1.54, 1.807) is 25.1 Å². The first-order valence-corrected chi connectivity index (χ1v) is 11.7. The summed E-state index contributed by atoms with van der Waals surface area (Å²) < 4.78 is 5.76. The predicted octanol–water partition coefficient (Wildman–Crippen LogP) is 5.47. The molecule has 1 atom stereocenters. The third-order valence-electron chi connectivity index (χ3n) is 6.07. The van der Waals surface area contributed by atoms with Gasteiger partial charge in [0.05, 0.1) is 0 Å². The lowest BCUT2D eigenvalue weighted by atomic mass is 10.1. The number of amides is 2. The Balaban J connectivity index is 1.75. The van der Waals surface area contributed by atoms with Crippen LogP contribution in [-0.4, -0.2) is 35.4 Å². The molecule has 2 aromatic carbocycles. The largest absolute Gasteiger partial charge is 0.484 e. The number of aryl methyl sites for hydroxylation is 2. The number of ether oxygens (including phenoxy) is 1. The van der Waals surface area contributed by atoms with Gasteiger partial charge < -0.3 is 15.0 Å². The number of benzene rings is 2. The van der Waals surface area contributed by atoms with Gasteiger partial charge >= 0.3 is 0 Å². The van der Waals surface area contributed by atoms with E-state index < -0.39 is 6.04 Å². The number of carbonyl (C=O) groups is 2. The highest BCUT2D eigenvalue weighted by Gasteiger charge is 2.29. The fourth-order valence-corrected chi connectivity index (χ4v) is 4.31. The molecule has 172 valence electrons. The summed E-state index contributed by atoms with van der Waals surface area (Å²) >= 11 is 12.4. The molecule has 32 heavy (non-hydrogen) atoms. The van der Waals surface area contributed by atoms with E-state index in [1.165, 1.54) is 4.90 Å². The Morgan fingerprint density at radius 3 is 2.47 bits per heavy atom. The zero-order chi connectivity index (χ0) is 23.3. The van der Waals surface area contributed by atoms with E-state index in [0.717, 1.165) is 42.4 Å². The molecule has 3 rings (SSSR count). The zero-order valence-corrected chi connectivity index (χ0v) is 20.3. The smallest absolute Gasteiger partial charge is 0.261 e. The first kappa shape index (κ1) is 24.4. The van der Waals surface area contributed by atoms with Crippen LogP contribution in [0.1, 0.15) is 49.3 Å². The maximum Gasteiger partial charge on any atom is 0.261 e. The van der Waals surface area contributed by atoms with Gasteiger partial charge in [-0.1, -0.05) is 48.2 Å². The molecule has 1 aliphatic rings. The molecule has 0 spiro atoms.